The van der Waals surface area contributed by atoms with E-state index in [-0.39, 0.29) is 17.2 Å². The summed E-state index contributed by atoms with van der Waals surface area (Å²) in [5.74, 6) is -3.69. The number of rotatable bonds is 6. The van der Waals surface area contributed by atoms with Crippen molar-refractivity contribution in [2.24, 2.45) is 11.8 Å². The third-order valence-corrected chi connectivity index (χ3v) is 10.5. The van der Waals surface area contributed by atoms with E-state index in [0.717, 1.165) is 16.0 Å². The number of carbonyl (C=O) groups is 3. The van der Waals surface area contributed by atoms with E-state index in [1.54, 1.807) is 48.5 Å². The fraction of sp³-hybridized carbons (Fsp3) is 0.103. The zero-order valence-corrected chi connectivity index (χ0v) is 26.6. The van der Waals surface area contributed by atoms with Crippen LogP contribution in [0.4, 0.5) is 11.4 Å². The van der Waals surface area contributed by atoms with Gasteiger partial charge in [0, 0.05) is 22.2 Å². The molecule has 7 nitrogen and oxygen atoms in total. The van der Waals surface area contributed by atoms with E-state index >= 15 is 4.79 Å². The summed E-state index contributed by atoms with van der Waals surface area (Å²) in [7, 11) is 0. The Balaban J connectivity index is 1.52. The molecule has 48 heavy (non-hydrogen) atoms. The third kappa shape index (κ3) is 3.86. The number of non-ortho nitro benzene ring substituents is 1. The number of fused-ring (bicyclic) bond motifs is 5. The van der Waals surface area contributed by atoms with Gasteiger partial charge < -0.3 is 0 Å². The van der Waals surface area contributed by atoms with Crippen molar-refractivity contribution >= 4 is 63.3 Å². The molecule has 5 aromatic rings. The molecule has 4 unspecified atom stereocenters. The van der Waals surface area contributed by atoms with Gasteiger partial charge in [-0.25, -0.2) is 4.90 Å². The van der Waals surface area contributed by atoms with Gasteiger partial charge in [0.2, 0.25) is 11.8 Å². The monoisotopic (exact) mass is 670 g/mol. The number of Topliss-reactive ketones (excluding diaryl/α,β-unsaturated/α-hetero) is 1. The fourth-order valence-electron chi connectivity index (χ4n) is 8.34. The van der Waals surface area contributed by atoms with Crippen molar-refractivity contribution in [2.75, 3.05) is 4.90 Å². The number of benzene rings is 5. The number of imide groups is 1. The minimum absolute atomic E-state index is 0.178. The topological polar surface area (TPSA) is 97.6 Å². The largest absolute Gasteiger partial charge is 0.297 e. The molecule has 1 heterocycles. The van der Waals surface area contributed by atoms with Crippen LogP contribution in [0.15, 0.2) is 133 Å². The number of nitro benzene ring substituents is 1. The minimum atomic E-state index is -1.61. The van der Waals surface area contributed by atoms with Crippen molar-refractivity contribution in [1.29, 1.82) is 0 Å². The van der Waals surface area contributed by atoms with Gasteiger partial charge >= 0.3 is 0 Å². The van der Waals surface area contributed by atoms with Crippen LogP contribution in [0.1, 0.15) is 22.3 Å². The Morgan fingerprint density at radius 2 is 0.958 bits per heavy atom. The van der Waals surface area contributed by atoms with Crippen molar-refractivity contribution in [2.45, 2.75) is 10.8 Å². The van der Waals surface area contributed by atoms with Gasteiger partial charge in [-0.2, -0.15) is 0 Å². The van der Waals surface area contributed by atoms with Gasteiger partial charge in [0.25, 0.3) is 5.69 Å². The number of nitrogens with zero attached hydrogens (tertiary/aromatic N) is 2. The summed E-state index contributed by atoms with van der Waals surface area (Å²) >= 11 is 12.8. The van der Waals surface area contributed by atoms with Crippen LogP contribution >= 0.6 is 23.2 Å². The molecule has 1 saturated heterocycles. The number of amides is 2. The molecule has 0 aromatic heterocycles. The summed E-state index contributed by atoms with van der Waals surface area (Å²) in [5, 5.41) is 12.3. The first kappa shape index (κ1) is 30.0. The molecule has 0 spiro atoms. The van der Waals surface area contributed by atoms with Crippen molar-refractivity contribution in [3.8, 4) is 0 Å². The van der Waals surface area contributed by atoms with Crippen LogP contribution in [0.3, 0.4) is 0 Å². The molecule has 8 rings (SSSR count). The van der Waals surface area contributed by atoms with E-state index in [2.05, 4.69) is 0 Å². The number of allylic oxidation sites excluding steroid dienone is 2. The molecule has 2 fully saturated rings. The van der Waals surface area contributed by atoms with Gasteiger partial charge in [0.15, 0.2) is 5.78 Å². The fourth-order valence-corrected chi connectivity index (χ4v) is 8.59. The van der Waals surface area contributed by atoms with Crippen LogP contribution < -0.4 is 4.90 Å². The van der Waals surface area contributed by atoms with Crippen LogP contribution in [0.2, 0.25) is 10.0 Å². The second-order valence-electron chi connectivity index (χ2n) is 12.2. The molecular formula is C39H24Cl2N2O5. The molecule has 3 aliphatic rings. The molecule has 4 atom stereocenters. The smallest absolute Gasteiger partial charge is 0.269 e. The summed E-state index contributed by atoms with van der Waals surface area (Å²) in [6, 6.07) is 38.1. The quantitative estimate of drug-likeness (QED) is 0.103. The van der Waals surface area contributed by atoms with Gasteiger partial charge in [-0.1, -0.05) is 108 Å². The highest BCUT2D eigenvalue weighted by molar-refractivity contribution is 6.39. The van der Waals surface area contributed by atoms with Gasteiger partial charge in [-0.05, 0) is 69.8 Å². The summed E-state index contributed by atoms with van der Waals surface area (Å²) < 4.78 is 0. The lowest BCUT2D eigenvalue weighted by Crippen LogP contribution is -2.45. The van der Waals surface area contributed by atoms with E-state index in [4.69, 9.17) is 23.2 Å². The standard InChI is InChI=1S/C39H24Cl2N2O5/c40-27-15-11-25(12-16-27)38-31(23-7-3-1-4-8-23)32(24-9-5-2-6-10-24)39(37(38)46,26-13-17-28(41)18-14-26)34-33(38)35(44)42(36(34)45)29-19-21-30(22-20-29)43(47)48/h1-22,33-34H. The number of nitro groups is 1. The zero-order valence-electron chi connectivity index (χ0n) is 25.0. The van der Waals surface area contributed by atoms with Gasteiger partial charge in [-0.3, -0.25) is 24.5 Å². The van der Waals surface area contributed by atoms with E-state index in [0.29, 0.717) is 32.3 Å². The molecule has 234 valence electrons. The molecule has 2 amide bonds. The SMILES string of the molecule is O=C1C2C(C(=O)N1c1ccc([N+](=O)[O-])cc1)C1(c3ccc(Cl)cc3)C(=O)C2(c2ccc(Cl)cc2)C(c2ccccc2)=C1c1ccccc1. The van der Waals surface area contributed by atoms with Gasteiger partial charge in [0.05, 0.1) is 33.3 Å². The number of carbonyl (C=O) groups excluding carboxylic acids is 3. The van der Waals surface area contributed by atoms with Crippen molar-refractivity contribution in [1.82, 2.24) is 0 Å². The number of hydrogen-bond donors (Lipinski definition) is 0. The second kappa shape index (κ2) is 10.8. The summed E-state index contributed by atoms with van der Waals surface area (Å²) in [4.78, 5) is 57.9. The maximum absolute atomic E-state index is 15.9. The lowest BCUT2D eigenvalue weighted by atomic mass is 9.59. The molecule has 1 aliphatic heterocycles. The van der Waals surface area contributed by atoms with E-state index in [1.165, 1.54) is 24.3 Å². The number of ketones is 1. The molecule has 2 bridgehead atoms. The second-order valence-corrected chi connectivity index (χ2v) is 13.1. The summed E-state index contributed by atoms with van der Waals surface area (Å²) in [6.45, 7) is 0. The number of halogens is 2. The van der Waals surface area contributed by atoms with E-state index in [1.807, 2.05) is 60.7 Å². The Labute approximate surface area is 285 Å². The highest BCUT2D eigenvalue weighted by atomic mass is 35.5. The summed E-state index contributed by atoms with van der Waals surface area (Å²) in [5.41, 5.74) is 0.645. The van der Waals surface area contributed by atoms with Crippen molar-refractivity contribution in [3.63, 3.8) is 0 Å². The maximum atomic E-state index is 15.9. The average Bonchev–Trinajstić information content (AvgIpc) is 3.61. The molecule has 0 N–H and O–H groups in total. The van der Waals surface area contributed by atoms with Crippen LogP contribution in [0, 0.1) is 22.0 Å². The molecular weight excluding hydrogens is 647 g/mol. The number of anilines is 1. The molecule has 9 heteroatoms. The lowest BCUT2D eigenvalue weighted by molar-refractivity contribution is -0.384. The Hall–Kier alpha value is -5.37. The summed E-state index contributed by atoms with van der Waals surface area (Å²) in [6.07, 6.45) is 0. The Morgan fingerprint density at radius 3 is 1.33 bits per heavy atom. The highest BCUT2D eigenvalue weighted by Crippen LogP contribution is 2.74. The predicted octanol–water partition coefficient (Wildman–Crippen LogP) is 8.09. The maximum Gasteiger partial charge on any atom is 0.269 e. The van der Waals surface area contributed by atoms with Gasteiger partial charge in [0.1, 0.15) is 0 Å². The first-order chi connectivity index (χ1) is 23.2. The van der Waals surface area contributed by atoms with Crippen LogP contribution in [0.5, 0.6) is 0 Å². The van der Waals surface area contributed by atoms with Crippen LogP contribution in [0.25, 0.3) is 11.1 Å². The van der Waals surface area contributed by atoms with Crippen molar-refractivity contribution < 1.29 is 19.3 Å². The minimum Gasteiger partial charge on any atom is -0.297 e. The Kier molecular flexibility index (Phi) is 6.77. The van der Waals surface area contributed by atoms with Crippen molar-refractivity contribution in [3.05, 3.63) is 176 Å². The Morgan fingerprint density at radius 1 is 0.562 bits per heavy atom. The number of hydrogen-bond acceptors (Lipinski definition) is 5. The first-order valence-electron chi connectivity index (χ1n) is 15.3. The zero-order chi connectivity index (χ0) is 33.4. The van der Waals surface area contributed by atoms with Gasteiger partial charge in [-0.15, -0.1) is 0 Å². The molecule has 0 radical (unpaired) electrons. The normalized spacial score (nSPS) is 24.4. The van der Waals surface area contributed by atoms with E-state index in [9.17, 15) is 19.7 Å². The molecule has 2 aliphatic carbocycles. The Bertz CT molecular complexity index is 2060. The first-order valence-corrected chi connectivity index (χ1v) is 16.0. The highest BCUT2D eigenvalue weighted by Gasteiger charge is 2.82. The predicted molar refractivity (Wildman–Crippen MR) is 184 cm³/mol. The molecule has 5 aromatic carbocycles. The van der Waals surface area contributed by atoms with E-state index < -0.39 is 39.4 Å². The lowest BCUT2D eigenvalue weighted by Gasteiger charge is -2.39. The average molecular weight is 672 g/mol. The van der Waals surface area contributed by atoms with Crippen LogP contribution in [-0.2, 0) is 25.2 Å². The third-order valence-electron chi connectivity index (χ3n) is 10.0. The molecule has 1 saturated carbocycles. The van der Waals surface area contributed by atoms with Crippen LogP contribution in [-0.4, -0.2) is 22.5 Å².